The van der Waals surface area contributed by atoms with Crippen LogP contribution in [0.1, 0.15) is 34.8 Å². The number of hydrogen-bond acceptors (Lipinski definition) is 5. The maximum Gasteiger partial charge on any atom is 0.256 e. The monoisotopic (exact) mass is 439 g/mol. The van der Waals surface area contributed by atoms with E-state index < -0.39 is 5.82 Å². The normalized spacial score (nSPS) is 15.9. The van der Waals surface area contributed by atoms with Gasteiger partial charge in [0.05, 0.1) is 11.3 Å². The summed E-state index contributed by atoms with van der Waals surface area (Å²) in [5, 5.41) is 0. The topological polar surface area (TPSA) is 71.9 Å². The van der Waals surface area contributed by atoms with E-state index in [2.05, 4.69) is 15.0 Å². The predicted octanol–water partition coefficient (Wildman–Crippen LogP) is 4.76. The molecule has 4 aromatic rings. The Morgan fingerprint density at radius 2 is 1.64 bits per heavy atom. The molecule has 4 heterocycles. The van der Waals surface area contributed by atoms with E-state index in [0.717, 1.165) is 35.2 Å². The van der Waals surface area contributed by atoms with Gasteiger partial charge in [0.25, 0.3) is 5.91 Å². The predicted molar refractivity (Wildman–Crippen MR) is 123 cm³/mol. The molecule has 0 radical (unpaired) electrons. The van der Waals surface area contributed by atoms with E-state index in [4.69, 9.17) is 4.98 Å². The molecular weight excluding hydrogens is 417 g/mol. The number of amides is 1. The minimum absolute atomic E-state index is 0.00114. The summed E-state index contributed by atoms with van der Waals surface area (Å²) in [5.41, 5.74) is 3.75. The van der Waals surface area contributed by atoms with Crippen LogP contribution in [0.15, 0.2) is 79.5 Å². The van der Waals surface area contributed by atoms with Crippen molar-refractivity contribution in [3.63, 3.8) is 0 Å². The summed E-state index contributed by atoms with van der Waals surface area (Å²) < 4.78 is 14.3. The van der Waals surface area contributed by atoms with Crippen LogP contribution in [0.4, 0.5) is 4.39 Å². The number of piperidine rings is 1. The number of halogens is 1. The van der Waals surface area contributed by atoms with Gasteiger partial charge in [-0.2, -0.15) is 0 Å². The third-order valence-electron chi connectivity index (χ3n) is 5.95. The van der Waals surface area contributed by atoms with E-state index in [0.29, 0.717) is 18.9 Å². The molecule has 1 saturated heterocycles. The van der Waals surface area contributed by atoms with Gasteiger partial charge in [-0.05, 0) is 54.8 Å². The Morgan fingerprint density at radius 3 is 2.36 bits per heavy atom. The Labute approximate surface area is 191 Å². The van der Waals surface area contributed by atoms with E-state index in [-0.39, 0.29) is 17.4 Å². The van der Waals surface area contributed by atoms with Crippen molar-refractivity contribution in [2.24, 2.45) is 0 Å². The first-order valence-electron chi connectivity index (χ1n) is 10.9. The van der Waals surface area contributed by atoms with E-state index in [1.54, 1.807) is 41.8 Å². The molecule has 1 aliphatic heterocycles. The van der Waals surface area contributed by atoms with Gasteiger partial charge < -0.3 is 4.90 Å². The van der Waals surface area contributed by atoms with Crippen molar-refractivity contribution in [1.82, 2.24) is 24.8 Å². The average molecular weight is 439 g/mol. The number of rotatable bonds is 4. The van der Waals surface area contributed by atoms with Crippen LogP contribution < -0.4 is 0 Å². The lowest BCUT2D eigenvalue weighted by molar-refractivity contribution is 0.0701. The molecule has 1 aliphatic rings. The van der Waals surface area contributed by atoms with Gasteiger partial charge >= 0.3 is 0 Å². The largest absolute Gasteiger partial charge is 0.338 e. The summed E-state index contributed by atoms with van der Waals surface area (Å²) in [6.45, 7) is 1.06. The minimum atomic E-state index is -0.496. The summed E-state index contributed by atoms with van der Waals surface area (Å²) in [7, 11) is 0. The highest BCUT2D eigenvalue weighted by atomic mass is 19.1. The van der Waals surface area contributed by atoms with Crippen molar-refractivity contribution in [2.75, 3.05) is 13.1 Å². The number of nitrogens with zero attached hydrogens (tertiary/aromatic N) is 5. The zero-order valence-corrected chi connectivity index (χ0v) is 17.9. The molecule has 3 aromatic heterocycles. The van der Waals surface area contributed by atoms with E-state index >= 15 is 0 Å². The van der Waals surface area contributed by atoms with Crippen molar-refractivity contribution >= 4 is 5.91 Å². The van der Waals surface area contributed by atoms with Gasteiger partial charge in [0.2, 0.25) is 0 Å². The molecule has 0 unspecified atom stereocenters. The summed E-state index contributed by atoms with van der Waals surface area (Å²) in [4.78, 5) is 32.6. The Balaban J connectivity index is 1.52. The van der Waals surface area contributed by atoms with Gasteiger partial charge in [-0.15, -0.1) is 0 Å². The standard InChI is InChI=1S/C26H22FN5O/c27-23-6-2-1-5-21(23)26(33)32-15-3-4-20(17-32)24-22(18-7-11-28-12-8-18)16-30-25(31-24)19-9-13-29-14-10-19/h1-2,5-14,16,20H,3-4,15,17H2/t20-/m0/s1. The smallest absolute Gasteiger partial charge is 0.256 e. The molecule has 1 fully saturated rings. The van der Waals surface area contributed by atoms with Crippen LogP contribution >= 0.6 is 0 Å². The maximum atomic E-state index is 14.3. The molecule has 164 valence electrons. The SMILES string of the molecule is O=C(c1ccccc1F)N1CCC[C@H](c2nc(-c3ccncc3)ncc2-c2ccncc2)C1. The highest BCUT2D eigenvalue weighted by molar-refractivity contribution is 5.94. The molecule has 0 N–H and O–H groups in total. The van der Waals surface area contributed by atoms with Gasteiger partial charge in [0.1, 0.15) is 5.82 Å². The van der Waals surface area contributed by atoms with Crippen molar-refractivity contribution in [2.45, 2.75) is 18.8 Å². The molecule has 0 saturated carbocycles. The number of likely N-dealkylation sites (tertiary alicyclic amines) is 1. The number of aromatic nitrogens is 4. The van der Waals surface area contributed by atoms with Gasteiger partial charge in [-0.3, -0.25) is 14.8 Å². The second kappa shape index (κ2) is 9.24. The second-order valence-corrected chi connectivity index (χ2v) is 8.03. The molecule has 6 nitrogen and oxygen atoms in total. The Hall–Kier alpha value is -4.00. The molecule has 1 atom stereocenters. The number of carbonyl (C=O) groups excluding carboxylic acids is 1. The molecule has 1 amide bonds. The minimum Gasteiger partial charge on any atom is -0.338 e. The first-order valence-corrected chi connectivity index (χ1v) is 10.9. The average Bonchev–Trinajstić information content (AvgIpc) is 2.89. The van der Waals surface area contributed by atoms with Crippen molar-refractivity contribution in [3.8, 4) is 22.5 Å². The van der Waals surface area contributed by atoms with Crippen LogP contribution in [0.2, 0.25) is 0 Å². The van der Waals surface area contributed by atoms with Gasteiger partial charge in [0, 0.05) is 61.1 Å². The van der Waals surface area contributed by atoms with Crippen LogP contribution in [-0.4, -0.2) is 43.8 Å². The summed E-state index contributed by atoms with van der Waals surface area (Å²) in [5.74, 6) is -0.167. The number of benzene rings is 1. The molecule has 5 rings (SSSR count). The third-order valence-corrected chi connectivity index (χ3v) is 5.95. The highest BCUT2D eigenvalue weighted by Crippen LogP contribution is 2.34. The van der Waals surface area contributed by atoms with E-state index in [1.807, 2.05) is 30.5 Å². The summed E-state index contributed by atoms with van der Waals surface area (Å²) in [6, 6.07) is 13.7. The van der Waals surface area contributed by atoms with E-state index in [1.165, 1.54) is 12.1 Å². The van der Waals surface area contributed by atoms with Crippen LogP contribution in [0.5, 0.6) is 0 Å². The molecule has 7 heteroatoms. The van der Waals surface area contributed by atoms with Gasteiger partial charge in [0.15, 0.2) is 5.82 Å². The fraction of sp³-hybridized carbons (Fsp3) is 0.192. The number of hydrogen-bond donors (Lipinski definition) is 0. The second-order valence-electron chi connectivity index (χ2n) is 8.03. The van der Waals surface area contributed by atoms with Crippen LogP contribution in [0, 0.1) is 5.82 Å². The fourth-order valence-electron chi connectivity index (χ4n) is 4.29. The molecule has 1 aromatic carbocycles. The van der Waals surface area contributed by atoms with Crippen LogP contribution in [0.3, 0.4) is 0 Å². The number of pyridine rings is 2. The quantitative estimate of drug-likeness (QED) is 0.459. The molecule has 0 spiro atoms. The zero-order chi connectivity index (χ0) is 22.6. The Morgan fingerprint density at radius 1 is 0.939 bits per heavy atom. The Bertz CT molecular complexity index is 1270. The summed E-state index contributed by atoms with van der Waals surface area (Å²) >= 11 is 0. The van der Waals surface area contributed by atoms with Gasteiger partial charge in [-0.1, -0.05) is 12.1 Å². The summed E-state index contributed by atoms with van der Waals surface area (Å²) in [6.07, 6.45) is 10.4. The lowest BCUT2D eigenvalue weighted by atomic mass is 9.89. The van der Waals surface area contributed by atoms with Crippen molar-refractivity contribution in [1.29, 1.82) is 0 Å². The molecule has 33 heavy (non-hydrogen) atoms. The Kier molecular flexibility index (Phi) is 5.85. The lowest BCUT2D eigenvalue weighted by Crippen LogP contribution is -2.39. The molecular formula is C26H22FN5O. The van der Waals surface area contributed by atoms with E-state index in [9.17, 15) is 9.18 Å². The fourth-order valence-corrected chi connectivity index (χ4v) is 4.29. The zero-order valence-electron chi connectivity index (χ0n) is 17.9. The van der Waals surface area contributed by atoms with Gasteiger partial charge in [-0.25, -0.2) is 14.4 Å². The first-order chi connectivity index (χ1) is 16.2. The highest BCUT2D eigenvalue weighted by Gasteiger charge is 2.29. The van der Waals surface area contributed by atoms with Crippen LogP contribution in [-0.2, 0) is 0 Å². The van der Waals surface area contributed by atoms with Crippen molar-refractivity contribution in [3.05, 3.63) is 96.6 Å². The first kappa shape index (κ1) is 20.9. The molecule has 0 aliphatic carbocycles. The third kappa shape index (κ3) is 4.35. The van der Waals surface area contributed by atoms with Crippen LogP contribution in [0.25, 0.3) is 22.5 Å². The molecule has 0 bridgehead atoms. The maximum absolute atomic E-state index is 14.3. The van der Waals surface area contributed by atoms with Crippen molar-refractivity contribution < 1.29 is 9.18 Å². The lowest BCUT2D eigenvalue weighted by Gasteiger charge is -2.33. The number of carbonyl (C=O) groups is 1.